The van der Waals surface area contributed by atoms with Crippen LogP contribution in [0.4, 0.5) is 0 Å². The number of hydrogen-bond acceptors (Lipinski definition) is 1. The maximum atomic E-state index is 6.67. The van der Waals surface area contributed by atoms with E-state index in [2.05, 4.69) is 51.1 Å². The summed E-state index contributed by atoms with van der Waals surface area (Å²) in [5.41, 5.74) is 8.25. The van der Waals surface area contributed by atoms with E-state index in [1.54, 1.807) is 0 Å². The second kappa shape index (κ2) is 12.8. The van der Waals surface area contributed by atoms with Crippen LogP contribution in [-0.4, -0.2) is 6.04 Å². The molecule has 2 heteroatoms. The van der Waals surface area contributed by atoms with Crippen molar-refractivity contribution in [2.45, 2.75) is 96.4 Å². The summed E-state index contributed by atoms with van der Waals surface area (Å²) in [5.74, 6) is 0. The lowest BCUT2D eigenvalue weighted by Gasteiger charge is -2.38. The van der Waals surface area contributed by atoms with Crippen LogP contribution in [-0.2, 0) is 5.41 Å². The summed E-state index contributed by atoms with van der Waals surface area (Å²) in [4.78, 5) is 0. The lowest BCUT2D eigenvalue weighted by Crippen LogP contribution is -2.44. The molecule has 0 bridgehead atoms. The van der Waals surface area contributed by atoms with Crippen molar-refractivity contribution in [2.75, 3.05) is 0 Å². The highest BCUT2D eigenvalue weighted by atomic mass is 35.5. The molecule has 0 fully saturated rings. The van der Waals surface area contributed by atoms with E-state index < -0.39 is 0 Å². The van der Waals surface area contributed by atoms with Gasteiger partial charge in [0.25, 0.3) is 0 Å². The van der Waals surface area contributed by atoms with Gasteiger partial charge in [-0.15, -0.1) is 12.4 Å². The zero-order valence-corrected chi connectivity index (χ0v) is 16.3. The van der Waals surface area contributed by atoms with Gasteiger partial charge in [0.05, 0.1) is 0 Å². The molecule has 1 atom stereocenters. The van der Waals surface area contributed by atoms with Gasteiger partial charge in [0.1, 0.15) is 0 Å². The molecule has 1 aromatic rings. The molecule has 23 heavy (non-hydrogen) atoms. The molecule has 0 heterocycles. The number of halogens is 1. The molecule has 0 spiro atoms. The SMILES string of the molecule is CCCCCCCCCC(N)C(CC)(CC)c1ccccc1.Cl. The minimum absolute atomic E-state index is 0. The third kappa shape index (κ3) is 6.85. The van der Waals surface area contributed by atoms with Gasteiger partial charge in [0.2, 0.25) is 0 Å². The molecule has 0 aromatic heterocycles. The summed E-state index contributed by atoms with van der Waals surface area (Å²) < 4.78 is 0. The van der Waals surface area contributed by atoms with Crippen molar-refractivity contribution < 1.29 is 0 Å². The molecule has 134 valence electrons. The first-order valence-electron chi connectivity index (χ1n) is 9.52. The zero-order valence-electron chi connectivity index (χ0n) is 15.5. The number of rotatable bonds is 12. The summed E-state index contributed by atoms with van der Waals surface area (Å²) in [6.07, 6.45) is 12.9. The van der Waals surface area contributed by atoms with E-state index in [9.17, 15) is 0 Å². The van der Waals surface area contributed by atoms with E-state index >= 15 is 0 Å². The first-order chi connectivity index (χ1) is 10.7. The Morgan fingerprint density at radius 3 is 1.87 bits per heavy atom. The summed E-state index contributed by atoms with van der Waals surface area (Å²) in [5, 5.41) is 0. The molecule has 1 rings (SSSR count). The highest BCUT2D eigenvalue weighted by Crippen LogP contribution is 2.36. The number of benzene rings is 1. The van der Waals surface area contributed by atoms with Crippen molar-refractivity contribution in [3.05, 3.63) is 35.9 Å². The van der Waals surface area contributed by atoms with Gasteiger partial charge in [-0.2, -0.15) is 0 Å². The minimum Gasteiger partial charge on any atom is -0.327 e. The van der Waals surface area contributed by atoms with Crippen molar-refractivity contribution in [3.8, 4) is 0 Å². The zero-order chi connectivity index (χ0) is 16.3. The molecule has 2 N–H and O–H groups in total. The lowest BCUT2D eigenvalue weighted by molar-refractivity contribution is 0.297. The van der Waals surface area contributed by atoms with Gasteiger partial charge in [-0.25, -0.2) is 0 Å². The number of nitrogens with two attached hydrogens (primary N) is 1. The first kappa shape index (κ1) is 22.5. The van der Waals surface area contributed by atoms with Gasteiger partial charge in [-0.3, -0.25) is 0 Å². The normalized spacial score (nSPS) is 12.7. The van der Waals surface area contributed by atoms with E-state index in [0.29, 0.717) is 0 Å². The monoisotopic (exact) mass is 339 g/mol. The van der Waals surface area contributed by atoms with Crippen LogP contribution >= 0.6 is 12.4 Å². The van der Waals surface area contributed by atoms with Gasteiger partial charge < -0.3 is 5.73 Å². The van der Waals surface area contributed by atoms with E-state index in [4.69, 9.17) is 5.73 Å². The summed E-state index contributed by atoms with van der Waals surface area (Å²) in [6.45, 7) is 6.86. The third-order valence-corrected chi connectivity index (χ3v) is 5.44. The third-order valence-electron chi connectivity index (χ3n) is 5.44. The van der Waals surface area contributed by atoms with Crippen LogP contribution in [0.5, 0.6) is 0 Å². The molecule has 1 unspecified atom stereocenters. The quantitative estimate of drug-likeness (QED) is 0.424. The molecule has 0 amide bonds. The van der Waals surface area contributed by atoms with E-state index in [-0.39, 0.29) is 23.9 Å². The van der Waals surface area contributed by atoms with Gasteiger partial charge in [0, 0.05) is 11.5 Å². The highest BCUT2D eigenvalue weighted by Gasteiger charge is 2.34. The average Bonchev–Trinajstić information content (AvgIpc) is 2.57. The molecule has 0 aliphatic heterocycles. The van der Waals surface area contributed by atoms with Crippen molar-refractivity contribution in [1.29, 1.82) is 0 Å². The predicted molar refractivity (Wildman–Crippen MR) is 107 cm³/mol. The van der Waals surface area contributed by atoms with E-state index in [1.807, 2.05) is 0 Å². The largest absolute Gasteiger partial charge is 0.327 e. The topological polar surface area (TPSA) is 26.0 Å². The Kier molecular flexibility index (Phi) is 12.5. The minimum atomic E-state index is 0. The summed E-state index contributed by atoms with van der Waals surface area (Å²) >= 11 is 0. The molecule has 1 aromatic carbocycles. The molecule has 0 saturated carbocycles. The second-order valence-electron chi connectivity index (χ2n) is 6.75. The van der Waals surface area contributed by atoms with Crippen LogP contribution in [0, 0.1) is 0 Å². The Bertz CT molecular complexity index is 373. The van der Waals surface area contributed by atoms with Gasteiger partial charge >= 0.3 is 0 Å². The molecule has 0 radical (unpaired) electrons. The van der Waals surface area contributed by atoms with E-state index in [0.717, 1.165) is 19.3 Å². The van der Waals surface area contributed by atoms with Crippen molar-refractivity contribution in [1.82, 2.24) is 0 Å². The second-order valence-corrected chi connectivity index (χ2v) is 6.75. The van der Waals surface area contributed by atoms with Crippen molar-refractivity contribution in [2.24, 2.45) is 5.73 Å². The Balaban J connectivity index is 0.00000484. The number of hydrogen-bond donors (Lipinski definition) is 1. The van der Waals surface area contributed by atoms with Crippen LogP contribution in [0.15, 0.2) is 30.3 Å². The van der Waals surface area contributed by atoms with Crippen LogP contribution in [0.3, 0.4) is 0 Å². The summed E-state index contributed by atoms with van der Waals surface area (Å²) in [6, 6.07) is 11.2. The summed E-state index contributed by atoms with van der Waals surface area (Å²) in [7, 11) is 0. The maximum Gasteiger partial charge on any atom is 0.0136 e. The molecule has 1 nitrogen and oxygen atoms in total. The van der Waals surface area contributed by atoms with E-state index in [1.165, 1.54) is 50.5 Å². The average molecular weight is 340 g/mol. The van der Waals surface area contributed by atoms with Crippen LogP contribution in [0.2, 0.25) is 0 Å². The Hall–Kier alpha value is -0.530. The van der Waals surface area contributed by atoms with Gasteiger partial charge in [0.15, 0.2) is 0 Å². The predicted octanol–water partition coefficient (Wildman–Crippen LogP) is 6.63. The van der Waals surface area contributed by atoms with Crippen LogP contribution in [0.1, 0.15) is 90.5 Å². The van der Waals surface area contributed by atoms with Crippen LogP contribution < -0.4 is 5.73 Å². The lowest BCUT2D eigenvalue weighted by atomic mass is 9.69. The number of unbranched alkanes of at least 4 members (excludes halogenated alkanes) is 6. The molecule has 0 aliphatic rings. The molecular weight excluding hydrogens is 302 g/mol. The fourth-order valence-corrected chi connectivity index (χ4v) is 3.76. The Morgan fingerprint density at radius 1 is 0.826 bits per heavy atom. The maximum absolute atomic E-state index is 6.67. The van der Waals surface area contributed by atoms with Gasteiger partial charge in [-0.05, 0) is 24.8 Å². The van der Waals surface area contributed by atoms with Crippen molar-refractivity contribution in [3.63, 3.8) is 0 Å². The first-order valence-corrected chi connectivity index (χ1v) is 9.52. The molecule has 0 saturated heterocycles. The Morgan fingerprint density at radius 2 is 1.35 bits per heavy atom. The fraction of sp³-hybridized carbons (Fsp3) is 0.714. The Labute approximate surface area is 150 Å². The fourth-order valence-electron chi connectivity index (χ4n) is 3.76. The standard InChI is InChI=1S/C21H37N.ClH/c1-4-7-8-9-10-11-15-18-20(22)21(5-2,6-3)19-16-13-12-14-17-19;/h12-14,16-17,20H,4-11,15,18,22H2,1-3H3;1H. The smallest absolute Gasteiger partial charge is 0.0136 e. The van der Waals surface area contributed by atoms with Crippen molar-refractivity contribution >= 4 is 12.4 Å². The van der Waals surface area contributed by atoms with Crippen LogP contribution in [0.25, 0.3) is 0 Å². The molecular formula is C21H38ClN. The van der Waals surface area contributed by atoms with Gasteiger partial charge in [-0.1, -0.05) is 96.0 Å². The molecule has 0 aliphatic carbocycles. The highest BCUT2D eigenvalue weighted by molar-refractivity contribution is 5.85.